The molecule has 0 heterocycles. The smallest absolute Gasteiger partial charge is 0.0672 e. The molecule has 0 aromatic rings. The Morgan fingerprint density at radius 2 is 2.00 bits per heavy atom. The third-order valence-corrected chi connectivity index (χ3v) is 3.53. The van der Waals surface area contributed by atoms with E-state index in [9.17, 15) is 0 Å². The molecule has 14 heavy (non-hydrogen) atoms. The summed E-state index contributed by atoms with van der Waals surface area (Å²) in [5.74, 6) is 0.932. The van der Waals surface area contributed by atoms with Crippen LogP contribution in [-0.2, 0) is 0 Å². The van der Waals surface area contributed by atoms with Gasteiger partial charge in [0.25, 0.3) is 0 Å². The molecule has 0 bridgehead atoms. The van der Waals surface area contributed by atoms with E-state index in [1.807, 2.05) is 7.05 Å². The summed E-state index contributed by atoms with van der Waals surface area (Å²) in [6.45, 7) is 2.11. The lowest BCUT2D eigenvalue weighted by Crippen LogP contribution is -2.40. The zero-order chi connectivity index (χ0) is 10.4. The molecule has 2 nitrogen and oxygen atoms in total. The highest BCUT2D eigenvalue weighted by Gasteiger charge is 2.28. The fourth-order valence-electron chi connectivity index (χ4n) is 2.68. The molecule has 2 unspecified atom stereocenters. The highest BCUT2D eigenvalue weighted by molar-refractivity contribution is 4.94. The first kappa shape index (κ1) is 11.5. The fraction of sp³-hybridized carbons (Fsp3) is 0.917. The van der Waals surface area contributed by atoms with Crippen molar-refractivity contribution in [3.63, 3.8) is 0 Å². The molecule has 1 N–H and O–H groups in total. The molecular weight excluding hydrogens is 172 g/mol. The summed E-state index contributed by atoms with van der Waals surface area (Å²) in [4.78, 5) is 0. The third kappa shape index (κ3) is 2.72. The number of rotatable bonds is 4. The van der Waals surface area contributed by atoms with E-state index in [1.165, 1.54) is 32.1 Å². The van der Waals surface area contributed by atoms with Crippen LogP contribution in [0, 0.1) is 23.2 Å². The molecule has 0 amide bonds. The Morgan fingerprint density at radius 3 is 2.43 bits per heavy atom. The maximum atomic E-state index is 9.07. The van der Waals surface area contributed by atoms with Crippen molar-refractivity contribution in [1.82, 2.24) is 5.32 Å². The summed E-state index contributed by atoms with van der Waals surface area (Å²) in [6, 6.07) is 2.86. The lowest BCUT2D eigenvalue weighted by molar-refractivity contribution is 0.237. The van der Waals surface area contributed by atoms with Crippen molar-refractivity contribution >= 4 is 0 Å². The number of hydrogen-bond donors (Lipinski definition) is 1. The minimum Gasteiger partial charge on any atom is -0.315 e. The zero-order valence-corrected chi connectivity index (χ0v) is 9.42. The van der Waals surface area contributed by atoms with E-state index in [1.54, 1.807) is 0 Å². The van der Waals surface area contributed by atoms with Crippen LogP contribution in [-0.4, -0.2) is 13.1 Å². The summed E-state index contributed by atoms with van der Waals surface area (Å²) in [7, 11) is 2.00. The van der Waals surface area contributed by atoms with E-state index in [0.717, 1.165) is 12.3 Å². The molecule has 1 fully saturated rings. The lowest BCUT2D eigenvalue weighted by atomic mass is 9.78. The molecule has 0 saturated heterocycles. The van der Waals surface area contributed by atoms with E-state index < -0.39 is 0 Å². The van der Waals surface area contributed by atoms with Crippen LogP contribution in [0.3, 0.4) is 0 Å². The minimum absolute atomic E-state index is 0.197. The van der Waals surface area contributed by atoms with Crippen LogP contribution >= 0.6 is 0 Å². The summed E-state index contributed by atoms with van der Waals surface area (Å²) < 4.78 is 0. The van der Waals surface area contributed by atoms with Crippen LogP contribution in [0.4, 0.5) is 0 Å². The maximum absolute atomic E-state index is 9.07. The Hall–Kier alpha value is -0.550. The van der Waals surface area contributed by atoms with Crippen molar-refractivity contribution in [1.29, 1.82) is 5.26 Å². The average Bonchev–Trinajstić information content (AvgIpc) is 2.27. The predicted octanol–water partition coefficient (Wildman–Crippen LogP) is 2.70. The topological polar surface area (TPSA) is 35.8 Å². The predicted molar refractivity (Wildman–Crippen MR) is 58.8 cm³/mol. The molecule has 0 aromatic heterocycles. The van der Waals surface area contributed by atoms with Gasteiger partial charge in [-0.15, -0.1) is 0 Å². The van der Waals surface area contributed by atoms with Crippen molar-refractivity contribution in [2.45, 2.75) is 51.5 Å². The van der Waals surface area contributed by atoms with Crippen molar-refractivity contribution in [2.24, 2.45) is 11.8 Å². The summed E-state index contributed by atoms with van der Waals surface area (Å²) >= 11 is 0. The first-order valence-electron chi connectivity index (χ1n) is 5.90. The monoisotopic (exact) mass is 194 g/mol. The van der Waals surface area contributed by atoms with Gasteiger partial charge in [-0.3, -0.25) is 0 Å². The maximum Gasteiger partial charge on any atom is 0.0672 e. The van der Waals surface area contributed by atoms with E-state index >= 15 is 0 Å². The van der Waals surface area contributed by atoms with Gasteiger partial charge in [0.2, 0.25) is 0 Å². The summed E-state index contributed by atoms with van der Waals surface area (Å²) in [5, 5.41) is 12.4. The van der Waals surface area contributed by atoms with Crippen LogP contribution in [0.15, 0.2) is 0 Å². The molecule has 0 aromatic carbocycles. The Bertz CT molecular complexity index is 189. The second-order valence-electron chi connectivity index (χ2n) is 4.36. The fourth-order valence-corrected chi connectivity index (χ4v) is 2.68. The zero-order valence-electron chi connectivity index (χ0n) is 9.42. The minimum atomic E-state index is 0.197. The van der Waals surface area contributed by atoms with E-state index in [-0.39, 0.29) is 5.92 Å². The third-order valence-electron chi connectivity index (χ3n) is 3.53. The van der Waals surface area contributed by atoms with E-state index in [4.69, 9.17) is 5.26 Å². The van der Waals surface area contributed by atoms with Gasteiger partial charge in [0.1, 0.15) is 0 Å². The van der Waals surface area contributed by atoms with Crippen molar-refractivity contribution < 1.29 is 0 Å². The van der Waals surface area contributed by atoms with Gasteiger partial charge in [-0.25, -0.2) is 0 Å². The van der Waals surface area contributed by atoms with Crippen molar-refractivity contribution in [3.05, 3.63) is 0 Å². The van der Waals surface area contributed by atoms with Crippen LogP contribution in [0.5, 0.6) is 0 Å². The standard InChI is InChI=1S/C12H22N2/c1-3-10(9-13)12(14-2)11-7-5-4-6-8-11/h10-12,14H,3-8H2,1-2H3. The quantitative estimate of drug-likeness (QED) is 0.747. The van der Waals surface area contributed by atoms with Crippen LogP contribution in [0.2, 0.25) is 0 Å². The number of hydrogen-bond acceptors (Lipinski definition) is 2. The summed E-state index contributed by atoms with van der Waals surface area (Å²) in [5.41, 5.74) is 0. The highest BCUT2D eigenvalue weighted by atomic mass is 14.9. The van der Waals surface area contributed by atoms with Crippen LogP contribution in [0.1, 0.15) is 45.4 Å². The normalized spacial score (nSPS) is 22.6. The van der Waals surface area contributed by atoms with Gasteiger partial charge >= 0.3 is 0 Å². The Labute approximate surface area is 87.7 Å². The Balaban J connectivity index is 2.55. The van der Waals surface area contributed by atoms with Gasteiger partial charge in [0.05, 0.1) is 12.0 Å². The van der Waals surface area contributed by atoms with Crippen LogP contribution < -0.4 is 5.32 Å². The first-order chi connectivity index (χ1) is 6.83. The molecule has 0 aliphatic heterocycles. The van der Waals surface area contributed by atoms with Gasteiger partial charge in [0.15, 0.2) is 0 Å². The molecule has 1 rings (SSSR count). The second kappa shape index (κ2) is 6.03. The van der Waals surface area contributed by atoms with Gasteiger partial charge in [-0.05, 0) is 32.2 Å². The molecule has 2 heteroatoms. The Morgan fingerprint density at radius 1 is 1.36 bits per heavy atom. The highest BCUT2D eigenvalue weighted by Crippen LogP contribution is 2.30. The first-order valence-corrected chi connectivity index (χ1v) is 5.90. The summed E-state index contributed by atoms with van der Waals surface area (Å²) in [6.07, 6.45) is 7.68. The van der Waals surface area contributed by atoms with Gasteiger partial charge in [0, 0.05) is 6.04 Å². The van der Waals surface area contributed by atoms with Crippen LogP contribution in [0.25, 0.3) is 0 Å². The molecule has 2 atom stereocenters. The molecule has 1 aliphatic rings. The van der Waals surface area contributed by atoms with Gasteiger partial charge in [-0.1, -0.05) is 26.2 Å². The SMILES string of the molecule is CCC(C#N)C(NC)C1CCCCC1. The van der Waals surface area contributed by atoms with E-state index in [2.05, 4.69) is 18.3 Å². The lowest BCUT2D eigenvalue weighted by Gasteiger charge is -2.32. The molecule has 80 valence electrons. The molecule has 0 spiro atoms. The molecular formula is C12H22N2. The molecule has 1 saturated carbocycles. The number of nitrogens with one attached hydrogen (secondary N) is 1. The van der Waals surface area contributed by atoms with Gasteiger partial charge in [-0.2, -0.15) is 5.26 Å². The number of nitrogens with zero attached hydrogens (tertiary/aromatic N) is 1. The van der Waals surface area contributed by atoms with Crippen molar-refractivity contribution in [2.75, 3.05) is 7.05 Å². The van der Waals surface area contributed by atoms with Gasteiger partial charge < -0.3 is 5.32 Å². The van der Waals surface area contributed by atoms with E-state index in [0.29, 0.717) is 6.04 Å². The second-order valence-corrected chi connectivity index (χ2v) is 4.36. The van der Waals surface area contributed by atoms with Crippen molar-refractivity contribution in [3.8, 4) is 6.07 Å². The largest absolute Gasteiger partial charge is 0.315 e. The molecule has 0 radical (unpaired) electrons. The average molecular weight is 194 g/mol. The molecule has 1 aliphatic carbocycles. The Kier molecular flexibility index (Phi) is 4.97. The number of nitriles is 1.